The van der Waals surface area contributed by atoms with Gasteiger partial charge < -0.3 is 5.11 Å². The van der Waals surface area contributed by atoms with Gasteiger partial charge in [-0.25, -0.2) is 0 Å². The van der Waals surface area contributed by atoms with Crippen LogP contribution in [0.15, 0.2) is 0 Å². The minimum atomic E-state index is -0.852. The molecule has 0 heterocycles. The summed E-state index contributed by atoms with van der Waals surface area (Å²) in [4.78, 5) is 9.64. The number of carboxylic acid groups (broad SMARTS) is 1. The molecule has 0 saturated heterocycles. The summed E-state index contributed by atoms with van der Waals surface area (Å²) < 4.78 is 0. The van der Waals surface area contributed by atoms with Crippen molar-refractivity contribution in [2.75, 3.05) is 0 Å². The molecule has 0 fully saturated rings. The average molecular weight is 87.1 g/mol. The molecular weight excluding hydrogens is 80.0 g/mol. The van der Waals surface area contributed by atoms with Crippen LogP contribution in [0.1, 0.15) is 6.92 Å². The summed E-state index contributed by atoms with van der Waals surface area (Å²) in [7, 11) is 0. The van der Waals surface area contributed by atoms with Crippen molar-refractivity contribution in [3.05, 3.63) is 6.92 Å². The predicted molar refractivity (Wildman–Crippen MR) is 22.2 cm³/mol. The number of carbonyl (C=O) groups is 1. The van der Waals surface area contributed by atoms with Gasteiger partial charge in [-0.3, -0.25) is 4.79 Å². The summed E-state index contributed by atoms with van der Waals surface area (Å²) in [6.07, 6.45) is 0. The first kappa shape index (κ1) is 5.47. The lowest BCUT2D eigenvalue weighted by atomic mass is 10.2. The molecule has 0 aromatic rings. The lowest BCUT2D eigenvalue weighted by Gasteiger charge is -1.88. The van der Waals surface area contributed by atoms with Crippen molar-refractivity contribution >= 4 is 5.97 Å². The van der Waals surface area contributed by atoms with Crippen molar-refractivity contribution in [3.8, 4) is 0 Å². The maximum atomic E-state index is 9.64. The van der Waals surface area contributed by atoms with Crippen molar-refractivity contribution in [2.45, 2.75) is 6.92 Å². The van der Waals surface area contributed by atoms with Crippen molar-refractivity contribution in [3.63, 3.8) is 0 Å². The van der Waals surface area contributed by atoms with Gasteiger partial charge in [0.1, 0.15) is 0 Å². The van der Waals surface area contributed by atoms with E-state index in [0.717, 1.165) is 0 Å². The Morgan fingerprint density at radius 1 is 2.00 bits per heavy atom. The molecule has 6 heavy (non-hydrogen) atoms. The number of carboxylic acids is 1. The summed E-state index contributed by atoms with van der Waals surface area (Å²) in [5.74, 6) is -1.33. The number of hydrogen-bond donors (Lipinski definition) is 1. The Labute approximate surface area is 36.8 Å². The SMILES string of the molecule is [CH2]C(C)C(=O)O. The fourth-order valence-corrected chi connectivity index (χ4v) is 0. The minimum absolute atomic E-state index is 0.481. The fraction of sp³-hybridized carbons (Fsp3) is 0.500. The molecule has 1 atom stereocenters. The van der Waals surface area contributed by atoms with E-state index in [4.69, 9.17) is 5.11 Å². The number of rotatable bonds is 1. The monoisotopic (exact) mass is 87.0 g/mol. The zero-order valence-corrected chi connectivity index (χ0v) is 3.64. The lowest BCUT2D eigenvalue weighted by Crippen LogP contribution is -2.03. The highest BCUT2D eigenvalue weighted by Gasteiger charge is 1.99. The van der Waals surface area contributed by atoms with E-state index in [0.29, 0.717) is 0 Å². The summed E-state index contributed by atoms with van der Waals surface area (Å²) in [5, 5.41) is 7.93. The Morgan fingerprint density at radius 3 is 2.17 bits per heavy atom. The van der Waals surface area contributed by atoms with E-state index >= 15 is 0 Å². The molecule has 0 aliphatic carbocycles. The molecule has 0 aromatic carbocycles. The van der Waals surface area contributed by atoms with Crippen molar-refractivity contribution in [1.82, 2.24) is 0 Å². The molecular formula is C4H7O2. The molecule has 0 aliphatic heterocycles. The van der Waals surface area contributed by atoms with Crippen LogP contribution in [-0.4, -0.2) is 11.1 Å². The highest BCUT2D eigenvalue weighted by atomic mass is 16.4. The number of aliphatic carboxylic acids is 1. The van der Waals surface area contributed by atoms with Crippen molar-refractivity contribution in [1.29, 1.82) is 0 Å². The van der Waals surface area contributed by atoms with Gasteiger partial charge in [0, 0.05) is 0 Å². The molecule has 1 radical (unpaired) electrons. The van der Waals surface area contributed by atoms with Gasteiger partial charge in [-0.05, 0) is 6.92 Å². The zero-order valence-electron chi connectivity index (χ0n) is 3.64. The maximum absolute atomic E-state index is 9.64. The third-order valence-corrected chi connectivity index (χ3v) is 0.422. The van der Waals surface area contributed by atoms with Crippen LogP contribution in [0.2, 0.25) is 0 Å². The molecule has 0 aliphatic rings. The Balaban J connectivity index is 3.26. The molecule has 0 aromatic heterocycles. The third kappa shape index (κ3) is 1.76. The summed E-state index contributed by atoms with van der Waals surface area (Å²) in [6, 6.07) is 0. The molecule has 0 spiro atoms. The quantitative estimate of drug-likeness (QED) is 0.506. The van der Waals surface area contributed by atoms with Crippen LogP contribution in [0.5, 0.6) is 0 Å². The Bertz CT molecular complexity index is 56.6. The van der Waals surface area contributed by atoms with Crippen LogP contribution in [0.4, 0.5) is 0 Å². The first-order valence-corrected chi connectivity index (χ1v) is 1.70. The van der Waals surface area contributed by atoms with E-state index in [2.05, 4.69) is 6.92 Å². The van der Waals surface area contributed by atoms with Crippen LogP contribution in [0.25, 0.3) is 0 Å². The molecule has 0 amide bonds. The summed E-state index contributed by atoms with van der Waals surface area (Å²) in [5.41, 5.74) is 0. The molecule has 1 N–H and O–H groups in total. The highest BCUT2D eigenvalue weighted by molar-refractivity contribution is 5.69. The number of hydrogen-bond acceptors (Lipinski definition) is 1. The van der Waals surface area contributed by atoms with Gasteiger partial charge >= 0.3 is 5.97 Å². The second-order valence-electron chi connectivity index (χ2n) is 1.24. The van der Waals surface area contributed by atoms with E-state index in [1.165, 1.54) is 6.92 Å². The zero-order chi connectivity index (χ0) is 5.15. The normalized spacial score (nSPS) is 9.17. The van der Waals surface area contributed by atoms with Crippen molar-refractivity contribution in [2.24, 2.45) is 5.92 Å². The molecule has 0 saturated carbocycles. The molecule has 2 heteroatoms. The molecule has 0 bridgehead atoms. The third-order valence-electron chi connectivity index (χ3n) is 0.422. The van der Waals surface area contributed by atoms with Crippen molar-refractivity contribution < 1.29 is 9.90 Å². The van der Waals surface area contributed by atoms with Gasteiger partial charge in [-0.15, -0.1) is 0 Å². The second-order valence-corrected chi connectivity index (χ2v) is 1.24. The van der Waals surface area contributed by atoms with Gasteiger partial charge in [-0.1, -0.05) is 6.92 Å². The highest BCUT2D eigenvalue weighted by Crippen LogP contribution is 1.86. The largest absolute Gasteiger partial charge is 0.481 e. The maximum Gasteiger partial charge on any atom is 0.306 e. The standard InChI is InChI=1S/C4H7O2/c1-3(2)4(5)6/h3H,1H2,2H3,(H,5,6). The Morgan fingerprint density at radius 2 is 2.17 bits per heavy atom. The Kier molecular flexibility index (Phi) is 1.64. The summed E-state index contributed by atoms with van der Waals surface area (Å²) >= 11 is 0. The van der Waals surface area contributed by atoms with Crippen LogP contribution in [-0.2, 0) is 4.79 Å². The molecule has 1 unspecified atom stereocenters. The average Bonchev–Trinajstić information content (AvgIpc) is 1.36. The van der Waals surface area contributed by atoms with Gasteiger partial charge in [0.25, 0.3) is 0 Å². The topological polar surface area (TPSA) is 37.3 Å². The Hall–Kier alpha value is -0.530. The first-order chi connectivity index (χ1) is 2.64. The van der Waals surface area contributed by atoms with Gasteiger partial charge in [0.05, 0.1) is 5.92 Å². The van der Waals surface area contributed by atoms with Crippen LogP contribution >= 0.6 is 0 Å². The first-order valence-electron chi connectivity index (χ1n) is 1.70. The van der Waals surface area contributed by atoms with Gasteiger partial charge in [-0.2, -0.15) is 0 Å². The fourth-order valence-electron chi connectivity index (χ4n) is 0. The lowest BCUT2D eigenvalue weighted by molar-refractivity contribution is -0.139. The van der Waals surface area contributed by atoms with Crippen LogP contribution in [0.3, 0.4) is 0 Å². The van der Waals surface area contributed by atoms with E-state index in [-0.39, 0.29) is 0 Å². The van der Waals surface area contributed by atoms with Crippen LogP contribution in [0, 0.1) is 12.8 Å². The predicted octanol–water partition coefficient (Wildman–Crippen LogP) is 0.541. The van der Waals surface area contributed by atoms with Gasteiger partial charge in [0.2, 0.25) is 0 Å². The molecule has 35 valence electrons. The summed E-state index contributed by atoms with van der Waals surface area (Å²) in [6.45, 7) is 4.77. The second kappa shape index (κ2) is 1.80. The molecule has 0 rings (SSSR count). The minimum Gasteiger partial charge on any atom is -0.481 e. The van der Waals surface area contributed by atoms with Gasteiger partial charge in [0.15, 0.2) is 0 Å². The van der Waals surface area contributed by atoms with E-state index in [9.17, 15) is 4.79 Å². The van der Waals surface area contributed by atoms with Crippen LogP contribution < -0.4 is 0 Å². The smallest absolute Gasteiger partial charge is 0.306 e. The van der Waals surface area contributed by atoms with E-state index in [1.807, 2.05) is 0 Å². The van der Waals surface area contributed by atoms with E-state index in [1.54, 1.807) is 0 Å². The molecule has 2 nitrogen and oxygen atoms in total. The van der Waals surface area contributed by atoms with E-state index < -0.39 is 11.9 Å².